The highest BCUT2D eigenvalue weighted by atomic mass is 35.5. The Morgan fingerprint density at radius 2 is 2.00 bits per heavy atom. The minimum Gasteiger partial charge on any atom is -0.496 e. The summed E-state index contributed by atoms with van der Waals surface area (Å²) < 4.78 is 10.8. The van der Waals surface area contributed by atoms with Crippen LogP contribution in [-0.2, 0) is 5.75 Å². The van der Waals surface area contributed by atoms with Crippen molar-refractivity contribution in [2.75, 3.05) is 7.11 Å². The average molecular weight is 450 g/mol. The van der Waals surface area contributed by atoms with Crippen LogP contribution in [0, 0.1) is 0 Å². The van der Waals surface area contributed by atoms with Crippen LogP contribution >= 0.6 is 23.4 Å². The first-order valence-corrected chi connectivity index (χ1v) is 10.8. The first-order chi connectivity index (χ1) is 15.1. The van der Waals surface area contributed by atoms with Crippen molar-refractivity contribution in [2.24, 2.45) is 0 Å². The number of nitrogens with one attached hydrogen (secondary N) is 1. The van der Waals surface area contributed by atoms with Gasteiger partial charge in [-0.25, -0.2) is 9.78 Å². The molecule has 5 aromatic rings. The minimum atomic E-state index is -0.377. The maximum Gasteiger partial charge on any atom is 0.336 e. The van der Waals surface area contributed by atoms with Crippen molar-refractivity contribution in [2.45, 2.75) is 10.9 Å². The Hall–Kier alpha value is -3.29. The van der Waals surface area contributed by atoms with E-state index in [9.17, 15) is 4.79 Å². The van der Waals surface area contributed by atoms with E-state index in [1.807, 2.05) is 36.4 Å². The van der Waals surface area contributed by atoms with E-state index in [2.05, 4.69) is 15.2 Å². The monoisotopic (exact) mass is 449 g/mol. The highest BCUT2D eigenvalue weighted by molar-refractivity contribution is 7.98. The van der Waals surface area contributed by atoms with Gasteiger partial charge in [-0.2, -0.15) is 0 Å². The maximum atomic E-state index is 12.1. The maximum absolute atomic E-state index is 12.1. The van der Waals surface area contributed by atoms with Crippen LogP contribution in [0.1, 0.15) is 5.56 Å². The molecule has 1 N–H and O–H groups in total. The molecule has 0 spiro atoms. The predicted molar refractivity (Wildman–Crippen MR) is 123 cm³/mol. The third-order valence-electron chi connectivity index (χ3n) is 4.95. The summed E-state index contributed by atoms with van der Waals surface area (Å²) >= 11 is 7.56. The van der Waals surface area contributed by atoms with Crippen molar-refractivity contribution in [3.05, 3.63) is 81.7 Å². The second-order valence-corrected chi connectivity index (χ2v) is 8.23. The van der Waals surface area contributed by atoms with Crippen molar-refractivity contribution < 1.29 is 9.15 Å². The molecule has 2 heterocycles. The fourth-order valence-electron chi connectivity index (χ4n) is 3.57. The number of thioether (sulfide) groups is 1. The molecule has 6 nitrogen and oxygen atoms in total. The zero-order valence-electron chi connectivity index (χ0n) is 16.4. The molecule has 154 valence electrons. The van der Waals surface area contributed by atoms with Gasteiger partial charge in [0.25, 0.3) is 0 Å². The molecule has 0 fully saturated rings. The van der Waals surface area contributed by atoms with Crippen LogP contribution in [-0.4, -0.2) is 22.3 Å². The smallest absolute Gasteiger partial charge is 0.336 e. The Morgan fingerprint density at radius 3 is 2.87 bits per heavy atom. The number of hydrogen-bond donors (Lipinski definition) is 1. The van der Waals surface area contributed by atoms with Crippen LogP contribution in [0.4, 0.5) is 0 Å². The molecule has 0 radical (unpaired) electrons. The summed E-state index contributed by atoms with van der Waals surface area (Å²) in [6, 6.07) is 18.7. The van der Waals surface area contributed by atoms with Crippen LogP contribution < -0.4 is 10.4 Å². The summed E-state index contributed by atoms with van der Waals surface area (Å²) in [6.45, 7) is 0. The van der Waals surface area contributed by atoms with Crippen LogP contribution in [0.2, 0.25) is 5.02 Å². The normalized spacial score (nSPS) is 11.3. The van der Waals surface area contributed by atoms with Gasteiger partial charge in [0.05, 0.1) is 12.7 Å². The molecular formula is C23H16ClN3O3S. The number of fused-ring (bicyclic) bond motifs is 3. The van der Waals surface area contributed by atoms with Crippen molar-refractivity contribution in [1.29, 1.82) is 0 Å². The SMILES string of the molecule is COc1ccc(Cl)cc1-c1nc(SCc2cc(=O)oc3ccc4ccccc4c23)n[nH]1. The average Bonchev–Trinajstić information content (AvgIpc) is 3.26. The molecule has 0 unspecified atom stereocenters. The second kappa shape index (κ2) is 8.09. The Morgan fingerprint density at radius 1 is 1.13 bits per heavy atom. The largest absolute Gasteiger partial charge is 0.496 e. The van der Waals surface area contributed by atoms with E-state index in [-0.39, 0.29) is 5.63 Å². The fourth-order valence-corrected chi connectivity index (χ4v) is 4.52. The third kappa shape index (κ3) is 3.78. The molecule has 0 aliphatic rings. The molecule has 0 aliphatic heterocycles. The molecule has 0 amide bonds. The third-order valence-corrected chi connectivity index (χ3v) is 6.08. The lowest BCUT2D eigenvalue weighted by molar-refractivity contribution is 0.416. The predicted octanol–water partition coefficient (Wildman–Crippen LogP) is 5.69. The second-order valence-electron chi connectivity index (χ2n) is 6.85. The van der Waals surface area contributed by atoms with Gasteiger partial charge in [0.15, 0.2) is 5.82 Å². The Kier molecular flexibility index (Phi) is 5.13. The van der Waals surface area contributed by atoms with Crippen LogP contribution in [0.5, 0.6) is 5.75 Å². The Bertz CT molecular complexity index is 1480. The quantitative estimate of drug-likeness (QED) is 0.211. The van der Waals surface area contributed by atoms with Gasteiger partial charge < -0.3 is 9.15 Å². The fraction of sp³-hybridized carbons (Fsp3) is 0.0870. The molecule has 5 rings (SSSR count). The molecule has 0 saturated heterocycles. The number of H-pyrrole nitrogens is 1. The van der Waals surface area contributed by atoms with Gasteiger partial charge in [0, 0.05) is 22.2 Å². The van der Waals surface area contributed by atoms with E-state index in [1.165, 1.54) is 17.8 Å². The van der Waals surface area contributed by atoms with Crippen LogP contribution in [0.15, 0.2) is 75.0 Å². The summed E-state index contributed by atoms with van der Waals surface area (Å²) in [5.74, 6) is 1.72. The van der Waals surface area contributed by atoms with Gasteiger partial charge in [-0.15, -0.1) is 5.10 Å². The standard InChI is InChI=1S/C23H16ClN3O3S/c1-29-18-9-7-15(24)11-17(18)22-25-23(27-26-22)31-12-14-10-20(28)30-19-8-6-13-4-2-3-5-16(13)21(14)19/h2-11H,12H2,1H3,(H,25,26,27). The van der Waals surface area contributed by atoms with Gasteiger partial charge in [0.1, 0.15) is 11.3 Å². The van der Waals surface area contributed by atoms with Gasteiger partial charge >= 0.3 is 5.63 Å². The van der Waals surface area contributed by atoms with Crippen molar-refractivity contribution in [1.82, 2.24) is 15.2 Å². The molecule has 0 bridgehead atoms. The number of benzene rings is 3. The summed E-state index contributed by atoms with van der Waals surface area (Å²) in [6.07, 6.45) is 0. The van der Waals surface area contributed by atoms with Gasteiger partial charge in [-0.1, -0.05) is 53.7 Å². The van der Waals surface area contributed by atoms with Crippen LogP contribution in [0.25, 0.3) is 33.1 Å². The number of halogens is 1. The topological polar surface area (TPSA) is 81.0 Å². The van der Waals surface area contributed by atoms with Crippen molar-refractivity contribution in [3.63, 3.8) is 0 Å². The molecule has 0 saturated carbocycles. The van der Waals surface area contributed by atoms with E-state index in [1.54, 1.807) is 25.3 Å². The number of ether oxygens (including phenoxy) is 1. The van der Waals surface area contributed by atoms with E-state index >= 15 is 0 Å². The zero-order valence-corrected chi connectivity index (χ0v) is 18.0. The minimum absolute atomic E-state index is 0.377. The molecule has 8 heteroatoms. The summed E-state index contributed by atoms with van der Waals surface area (Å²) in [7, 11) is 1.59. The highest BCUT2D eigenvalue weighted by Gasteiger charge is 2.14. The first kappa shape index (κ1) is 19.7. The highest BCUT2D eigenvalue weighted by Crippen LogP contribution is 2.33. The molecule has 0 atom stereocenters. The van der Waals surface area contributed by atoms with E-state index in [4.69, 9.17) is 20.8 Å². The number of hydrogen-bond acceptors (Lipinski definition) is 6. The lowest BCUT2D eigenvalue weighted by atomic mass is 10.0. The Labute approximate surface area is 186 Å². The van der Waals surface area contributed by atoms with Gasteiger partial charge in [-0.05, 0) is 40.6 Å². The molecule has 0 aliphatic carbocycles. The first-order valence-electron chi connectivity index (χ1n) is 9.46. The Balaban J connectivity index is 1.49. The van der Waals surface area contributed by atoms with Gasteiger partial charge in [-0.3, -0.25) is 5.10 Å². The summed E-state index contributed by atoms with van der Waals surface area (Å²) in [5.41, 5.74) is 1.80. The molecule has 3 aromatic carbocycles. The van der Waals surface area contributed by atoms with E-state index < -0.39 is 0 Å². The van der Waals surface area contributed by atoms with E-state index in [0.717, 1.165) is 27.3 Å². The number of nitrogens with zero attached hydrogens (tertiary/aromatic N) is 2. The van der Waals surface area contributed by atoms with Crippen molar-refractivity contribution >= 4 is 45.1 Å². The number of rotatable bonds is 5. The van der Waals surface area contributed by atoms with Crippen molar-refractivity contribution in [3.8, 4) is 17.1 Å². The zero-order chi connectivity index (χ0) is 21.4. The van der Waals surface area contributed by atoms with Crippen LogP contribution in [0.3, 0.4) is 0 Å². The number of aromatic nitrogens is 3. The lowest BCUT2D eigenvalue weighted by Crippen LogP contribution is -2.00. The lowest BCUT2D eigenvalue weighted by Gasteiger charge is -2.07. The summed E-state index contributed by atoms with van der Waals surface area (Å²) in [5, 5.41) is 11.4. The molecular weight excluding hydrogens is 434 g/mol. The molecule has 2 aromatic heterocycles. The number of aromatic amines is 1. The van der Waals surface area contributed by atoms with Gasteiger partial charge in [0.2, 0.25) is 5.16 Å². The summed E-state index contributed by atoms with van der Waals surface area (Å²) in [4.78, 5) is 16.7. The molecule has 31 heavy (non-hydrogen) atoms. The number of methoxy groups -OCH3 is 1. The van der Waals surface area contributed by atoms with E-state index in [0.29, 0.717) is 33.1 Å².